The zero-order valence-electron chi connectivity index (χ0n) is 20.5. The molecule has 0 aliphatic carbocycles. The first kappa shape index (κ1) is 23.8. The van der Waals surface area contributed by atoms with Crippen LogP contribution in [0.4, 0.5) is 0 Å². The fourth-order valence-electron chi connectivity index (χ4n) is 4.38. The van der Waals surface area contributed by atoms with E-state index in [1.807, 2.05) is 72.2 Å². The molecule has 0 saturated carbocycles. The summed E-state index contributed by atoms with van der Waals surface area (Å²) < 4.78 is 27.6. The normalized spacial score (nSPS) is 11.2. The molecule has 0 radical (unpaired) electrons. The first-order valence-electron chi connectivity index (χ1n) is 11.9. The van der Waals surface area contributed by atoms with Gasteiger partial charge < -0.3 is 18.8 Å². The van der Waals surface area contributed by atoms with Crippen LogP contribution in [0.15, 0.2) is 60.7 Å². The highest BCUT2D eigenvalue weighted by atomic mass is 32.1. The Morgan fingerprint density at radius 1 is 0.944 bits per heavy atom. The number of nitrogens with zero attached hydrogens (tertiary/aromatic N) is 3. The maximum absolute atomic E-state index is 13.5. The van der Waals surface area contributed by atoms with E-state index in [0.717, 1.165) is 56.5 Å². The summed E-state index contributed by atoms with van der Waals surface area (Å²) >= 11 is 1.19. The summed E-state index contributed by atoms with van der Waals surface area (Å²) in [4.78, 5) is 13.5. The molecule has 0 bridgehead atoms. The van der Waals surface area contributed by atoms with E-state index in [1.54, 1.807) is 7.11 Å². The second kappa shape index (κ2) is 10.4. The highest BCUT2D eigenvalue weighted by Crippen LogP contribution is 2.38. The van der Waals surface area contributed by atoms with Gasteiger partial charge in [-0.15, -0.1) is 0 Å². The molecule has 5 aromatic rings. The van der Waals surface area contributed by atoms with E-state index < -0.39 is 0 Å². The predicted molar refractivity (Wildman–Crippen MR) is 142 cm³/mol. The largest absolute Gasteiger partial charge is 0.497 e. The van der Waals surface area contributed by atoms with Gasteiger partial charge in [-0.05, 0) is 66.9 Å². The van der Waals surface area contributed by atoms with Gasteiger partial charge in [0.2, 0.25) is 0 Å². The van der Waals surface area contributed by atoms with Crippen molar-refractivity contribution in [2.75, 3.05) is 20.3 Å². The van der Waals surface area contributed by atoms with Crippen molar-refractivity contribution in [3.05, 3.63) is 71.9 Å². The molecule has 0 atom stereocenters. The Bertz CT molecular complexity index is 1520. The molecule has 0 aliphatic heterocycles. The molecule has 0 aliphatic rings. The number of hydrogen-bond acceptors (Lipinski definition) is 7. The third-order valence-corrected chi connectivity index (χ3v) is 6.57. The summed E-state index contributed by atoms with van der Waals surface area (Å²) in [6.07, 6.45) is 0.909. The maximum atomic E-state index is 13.5. The van der Waals surface area contributed by atoms with Crippen LogP contribution in [0.1, 0.15) is 36.3 Å². The van der Waals surface area contributed by atoms with E-state index in [-0.39, 0.29) is 12.6 Å². The number of methoxy groups -OCH3 is 1. The van der Waals surface area contributed by atoms with E-state index in [2.05, 4.69) is 15.7 Å². The zero-order chi connectivity index (χ0) is 25.1. The average Bonchev–Trinajstić information content (AvgIpc) is 3.50. The van der Waals surface area contributed by atoms with Crippen LogP contribution in [0, 0.1) is 0 Å². The summed E-state index contributed by atoms with van der Waals surface area (Å²) in [6.45, 7) is 5.27. The van der Waals surface area contributed by atoms with Crippen molar-refractivity contribution in [2.45, 2.75) is 26.8 Å². The lowest BCUT2D eigenvalue weighted by Gasteiger charge is -2.12. The van der Waals surface area contributed by atoms with Crippen molar-refractivity contribution < 1.29 is 19.0 Å². The van der Waals surface area contributed by atoms with Gasteiger partial charge in [-0.3, -0.25) is 0 Å². The fourth-order valence-corrected chi connectivity index (χ4v) is 4.90. The summed E-state index contributed by atoms with van der Waals surface area (Å²) in [5, 5.41) is 0.924. The van der Waals surface area contributed by atoms with E-state index in [4.69, 9.17) is 14.2 Å². The standard InChI is InChI=1S/C28H27N3O4S/c1-4-14-35-21-11-13-25-22(16-21)26(19-7-9-20(33-3)10-8-19)27(28(32)34-5-2)31(25)17-18-6-12-23-24(15-18)30-36-29-23/h6-13,15-16H,4-5,14,17H2,1-3H3. The molecule has 0 fully saturated rings. The Hall–Kier alpha value is -3.91. The topological polar surface area (TPSA) is 75.5 Å². The Morgan fingerprint density at radius 2 is 1.72 bits per heavy atom. The van der Waals surface area contributed by atoms with Crippen molar-refractivity contribution in [3.63, 3.8) is 0 Å². The van der Waals surface area contributed by atoms with Crippen molar-refractivity contribution in [1.82, 2.24) is 13.3 Å². The number of rotatable bonds is 9. The lowest BCUT2D eigenvalue weighted by Crippen LogP contribution is -2.14. The second-order valence-electron chi connectivity index (χ2n) is 8.37. The van der Waals surface area contributed by atoms with Crippen LogP contribution in [0.25, 0.3) is 33.1 Å². The van der Waals surface area contributed by atoms with Gasteiger partial charge >= 0.3 is 5.97 Å². The highest BCUT2D eigenvalue weighted by Gasteiger charge is 2.26. The molecule has 7 nitrogen and oxygen atoms in total. The molecule has 8 heteroatoms. The number of carbonyl (C=O) groups is 1. The van der Waals surface area contributed by atoms with Gasteiger partial charge in [0.05, 0.1) is 32.1 Å². The molecule has 0 unspecified atom stereocenters. The molecule has 0 amide bonds. The van der Waals surface area contributed by atoms with Crippen LogP contribution in [0.3, 0.4) is 0 Å². The molecular weight excluding hydrogens is 474 g/mol. The van der Waals surface area contributed by atoms with Gasteiger partial charge in [-0.25, -0.2) is 4.79 Å². The van der Waals surface area contributed by atoms with Gasteiger partial charge in [0.15, 0.2) is 0 Å². The third-order valence-electron chi connectivity index (χ3n) is 6.01. The van der Waals surface area contributed by atoms with E-state index in [1.165, 1.54) is 11.7 Å². The number of hydrogen-bond donors (Lipinski definition) is 0. The molecule has 0 spiro atoms. The minimum absolute atomic E-state index is 0.281. The predicted octanol–water partition coefficient (Wildman–Crippen LogP) is 6.34. The van der Waals surface area contributed by atoms with Crippen LogP contribution in [0.2, 0.25) is 0 Å². The molecule has 0 N–H and O–H groups in total. The van der Waals surface area contributed by atoms with E-state index in [9.17, 15) is 4.79 Å². The SMILES string of the molecule is CCCOc1ccc2c(c1)c(-c1ccc(OC)cc1)c(C(=O)OCC)n2Cc1ccc2nsnc2c1. The minimum Gasteiger partial charge on any atom is -0.497 e. The molecule has 5 rings (SSSR count). The second-order valence-corrected chi connectivity index (χ2v) is 8.90. The molecule has 184 valence electrons. The van der Waals surface area contributed by atoms with Crippen LogP contribution in [-0.4, -0.2) is 39.6 Å². The summed E-state index contributed by atoms with van der Waals surface area (Å²) in [7, 11) is 1.64. The number of carbonyl (C=O) groups excluding carboxylic acids is 1. The van der Waals surface area contributed by atoms with E-state index >= 15 is 0 Å². The monoisotopic (exact) mass is 501 g/mol. The molecule has 36 heavy (non-hydrogen) atoms. The number of fused-ring (bicyclic) bond motifs is 2. The molecular formula is C28H27N3O4S. The van der Waals surface area contributed by atoms with Crippen molar-refractivity contribution in [2.24, 2.45) is 0 Å². The Morgan fingerprint density at radius 3 is 2.47 bits per heavy atom. The Balaban J connectivity index is 1.74. The Kier molecular flexibility index (Phi) is 6.86. The van der Waals surface area contributed by atoms with Gasteiger partial charge in [0.1, 0.15) is 28.2 Å². The quantitative estimate of drug-likeness (QED) is 0.220. The van der Waals surface area contributed by atoms with Crippen LogP contribution < -0.4 is 9.47 Å². The molecule has 2 heterocycles. The van der Waals surface area contributed by atoms with Crippen LogP contribution in [0.5, 0.6) is 11.5 Å². The minimum atomic E-state index is -0.369. The molecule has 2 aromatic heterocycles. The number of aromatic nitrogens is 3. The van der Waals surface area contributed by atoms with E-state index in [0.29, 0.717) is 18.8 Å². The van der Waals surface area contributed by atoms with Gasteiger partial charge in [-0.2, -0.15) is 8.75 Å². The lowest BCUT2D eigenvalue weighted by molar-refractivity contribution is 0.0516. The zero-order valence-corrected chi connectivity index (χ0v) is 21.3. The number of ether oxygens (including phenoxy) is 3. The average molecular weight is 502 g/mol. The van der Waals surface area contributed by atoms with Crippen LogP contribution in [-0.2, 0) is 11.3 Å². The van der Waals surface area contributed by atoms with Gasteiger partial charge in [0, 0.05) is 23.0 Å². The fraction of sp³-hybridized carbons (Fsp3) is 0.250. The first-order chi connectivity index (χ1) is 17.6. The van der Waals surface area contributed by atoms with Gasteiger partial charge in [-0.1, -0.05) is 25.1 Å². The van der Waals surface area contributed by atoms with Crippen molar-refractivity contribution in [1.29, 1.82) is 0 Å². The summed E-state index contributed by atoms with van der Waals surface area (Å²) in [5.74, 6) is 1.14. The smallest absolute Gasteiger partial charge is 0.355 e. The van der Waals surface area contributed by atoms with Crippen LogP contribution >= 0.6 is 11.7 Å². The number of benzene rings is 3. The maximum Gasteiger partial charge on any atom is 0.355 e. The lowest BCUT2D eigenvalue weighted by atomic mass is 10.0. The molecule has 0 saturated heterocycles. The summed E-state index contributed by atoms with van der Waals surface area (Å²) in [6, 6.07) is 19.7. The first-order valence-corrected chi connectivity index (χ1v) is 12.7. The van der Waals surface area contributed by atoms with Crippen molar-refractivity contribution in [3.8, 4) is 22.6 Å². The highest BCUT2D eigenvalue weighted by molar-refractivity contribution is 7.00. The van der Waals surface area contributed by atoms with Crippen molar-refractivity contribution >= 4 is 39.6 Å². The molecule has 3 aromatic carbocycles. The summed E-state index contributed by atoms with van der Waals surface area (Å²) in [5.41, 5.74) is 5.86. The van der Waals surface area contributed by atoms with Gasteiger partial charge in [0.25, 0.3) is 0 Å². The Labute approximate surface area is 213 Å². The third kappa shape index (κ3) is 4.52. The number of esters is 1.